The van der Waals surface area contributed by atoms with E-state index in [0.717, 1.165) is 25.0 Å². The third-order valence-corrected chi connectivity index (χ3v) is 3.68. The first-order valence-corrected chi connectivity index (χ1v) is 7.75. The first kappa shape index (κ1) is 19.1. The second-order valence-electron chi connectivity index (χ2n) is 5.55. The highest BCUT2D eigenvalue weighted by Gasteiger charge is 2.32. The number of halogens is 6. The van der Waals surface area contributed by atoms with Gasteiger partial charge in [0, 0.05) is 5.56 Å². The highest BCUT2D eigenvalue weighted by Crippen LogP contribution is 2.32. The van der Waals surface area contributed by atoms with E-state index in [9.17, 15) is 26.3 Å². The van der Waals surface area contributed by atoms with Crippen molar-refractivity contribution in [3.8, 4) is 16.9 Å². The lowest BCUT2D eigenvalue weighted by molar-refractivity contribution is -0.275. The van der Waals surface area contributed by atoms with Gasteiger partial charge in [0.2, 0.25) is 0 Å². The molecule has 0 saturated carbocycles. The van der Waals surface area contributed by atoms with Crippen LogP contribution in [0.4, 0.5) is 26.3 Å². The molecular weight excluding hydrogens is 346 g/mol. The Morgan fingerprint density at radius 2 is 1.64 bits per heavy atom. The van der Waals surface area contributed by atoms with Crippen LogP contribution in [0.2, 0.25) is 0 Å². The minimum absolute atomic E-state index is 0.0801. The van der Waals surface area contributed by atoms with Gasteiger partial charge in [-0.1, -0.05) is 38.0 Å². The van der Waals surface area contributed by atoms with Crippen molar-refractivity contribution >= 4 is 0 Å². The predicted molar refractivity (Wildman–Crippen MR) is 81.7 cm³/mol. The number of aryl methyl sites for hydroxylation is 1. The standard InChI is InChI=1S/C18H16F6O/c1-2-3-4-5-11-6-8-13(17(21)16(11)20)12-7-9-15(14(19)10-12)25-18(22,23)24/h6-10H,2-5H2,1H3. The molecule has 0 fully saturated rings. The fourth-order valence-electron chi connectivity index (χ4n) is 2.45. The van der Waals surface area contributed by atoms with Gasteiger partial charge in [0.15, 0.2) is 23.2 Å². The molecule has 0 bridgehead atoms. The summed E-state index contributed by atoms with van der Waals surface area (Å²) in [5.74, 6) is -4.53. The molecule has 0 amide bonds. The zero-order valence-electron chi connectivity index (χ0n) is 13.4. The summed E-state index contributed by atoms with van der Waals surface area (Å²) in [4.78, 5) is 0. The van der Waals surface area contributed by atoms with Crippen LogP contribution < -0.4 is 4.74 Å². The maximum Gasteiger partial charge on any atom is 0.573 e. The van der Waals surface area contributed by atoms with Crippen molar-refractivity contribution in [3.05, 3.63) is 53.3 Å². The Morgan fingerprint density at radius 1 is 0.920 bits per heavy atom. The van der Waals surface area contributed by atoms with Gasteiger partial charge < -0.3 is 4.74 Å². The maximum absolute atomic E-state index is 14.3. The van der Waals surface area contributed by atoms with Gasteiger partial charge >= 0.3 is 6.36 Å². The van der Waals surface area contributed by atoms with Crippen LogP contribution in [0, 0.1) is 17.5 Å². The number of unbranched alkanes of at least 4 members (excludes halogenated alkanes) is 2. The summed E-state index contributed by atoms with van der Waals surface area (Å²) in [7, 11) is 0. The molecule has 0 aliphatic rings. The second-order valence-corrected chi connectivity index (χ2v) is 5.55. The molecule has 0 N–H and O–H groups in total. The van der Waals surface area contributed by atoms with Gasteiger partial charge in [-0.05, 0) is 36.1 Å². The van der Waals surface area contributed by atoms with Gasteiger partial charge in [0.05, 0.1) is 0 Å². The third kappa shape index (κ3) is 4.90. The van der Waals surface area contributed by atoms with Gasteiger partial charge in [0.25, 0.3) is 0 Å². The van der Waals surface area contributed by atoms with E-state index in [-0.39, 0.29) is 16.7 Å². The molecule has 0 radical (unpaired) electrons. The molecule has 2 aromatic carbocycles. The number of ether oxygens (including phenoxy) is 1. The normalized spacial score (nSPS) is 11.6. The smallest absolute Gasteiger partial charge is 0.403 e. The second kappa shape index (κ2) is 7.80. The lowest BCUT2D eigenvalue weighted by atomic mass is 9.99. The monoisotopic (exact) mass is 362 g/mol. The Kier molecular flexibility index (Phi) is 5.98. The molecule has 0 saturated heterocycles. The molecule has 0 heterocycles. The first-order valence-electron chi connectivity index (χ1n) is 7.75. The zero-order valence-corrected chi connectivity index (χ0v) is 13.4. The zero-order chi connectivity index (χ0) is 18.6. The van der Waals surface area contributed by atoms with Crippen molar-refractivity contribution < 1.29 is 31.1 Å². The van der Waals surface area contributed by atoms with Crippen LogP contribution in [0.5, 0.6) is 5.75 Å². The van der Waals surface area contributed by atoms with E-state index >= 15 is 0 Å². The van der Waals surface area contributed by atoms with Crippen LogP contribution in [-0.4, -0.2) is 6.36 Å². The highest BCUT2D eigenvalue weighted by atomic mass is 19.4. The van der Waals surface area contributed by atoms with E-state index < -0.39 is 29.6 Å². The molecule has 0 aromatic heterocycles. The summed E-state index contributed by atoms with van der Waals surface area (Å²) < 4.78 is 82.0. The molecule has 0 aliphatic carbocycles. The molecule has 0 unspecified atom stereocenters. The average Bonchev–Trinajstić information content (AvgIpc) is 2.53. The van der Waals surface area contributed by atoms with Crippen molar-refractivity contribution in [2.75, 3.05) is 0 Å². The van der Waals surface area contributed by atoms with E-state index in [1.54, 1.807) is 0 Å². The largest absolute Gasteiger partial charge is 0.573 e. The number of hydrogen-bond donors (Lipinski definition) is 0. The highest BCUT2D eigenvalue weighted by molar-refractivity contribution is 5.65. The van der Waals surface area contributed by atoms with Crippen LogP contribution in [0.25, 0.3) is 11.1 Å². The van der Waals surface area contributed by atoms with Crippen LogP contribution in [0.3, 0.4) is 0 Å². The van der Waals surface area contributed by atoms with Gasteiger partial charge in [-0.15, -0.1) is 13.2 Å². The molecule has 2 rings (SSSR count). The summed E-state index contributed by atoms with van der Waals surface area (Å²) in [6, 6.07) is 5.14. The molecule has 0 spiro atoms. The molecule has 0 aliphatic heterocycles. The molecule has 0 atom stereocenters. The van der Waals surface area contributed by atoms with Gasteiger partial charge in [-0.3, -0.25) is 0 Å². The minimum atomic E-state index is -5.04. The number of hydrogen-bond acceptors (Lipinski definition) is 1. The number of alkyl halides is 3. The maximum atomic E-state index is 14.3. The van der Waals surface area contributed by atoms with Gasteiger partial charge in [0.1, 0.15) is 0 Å². The molecule has 136 valence electrons. The molecule has 7 heteroatoms. The molecule has 1 nitrogen and oxygen atoms in total. The molecular formula is C18H16F6O. The van der Waals surface area contributed by atoms with Crippen LogP contribution in [0.1, 0.15) is 31.7 Å². The topological polar surface area (TPSA) is 9.23 Å². The Morgan fingerprint density at radius 3 is 2.24 bits per heavy atom. The molecule has 25 heavy (non-hydrogen) atoms. The lowest BCUT2D eigenvalue weighted by Gasteiger charge is -2.12. The van der Waals surface area contributed by atoms with Crippen molar-refractivity contribution in [2.24, 2.45) is 0 Å². The van der Waals surface area contributed by atoms with E-state index in [0.29, 0.717) is 18.9 Å². The minimum Gasteiger partial charge on any atom is -0.403 e. The van der Waals surface area contributed by atoms with Gasteiger partial charge in [-0.25, -0.2) is 13.2 Å². The summed E-state index contributed by atoms with van der Waals surface area (Å²) >= 11 is 0. The van der Waals surface area contributed by atoms with Crippen LogP contribution >= 0.6 is 0 Å². The Balaban J connectivity index is 2.29. The van der Waals surface area contributed by atoms with E-state index in [1.165, 1.54) is 12.1 Å². The average molecular weight is 362 g/mol. The Labute approximate surface area is 141 Å². The Bertz CT molecular complexity index is 739. The van der Waals surface area contributed by atoms with Crippen molar-refractivity contribution in [3.63, 3.8) is 0 Å². The number of rotatable bonds is 6. The van der Waals surface area contributed by atoms with Crippen LogP contribution in [-0.2, 0) is 6.42 Å². The van der Waals surface area contributed by atoms with Crippen molar-refractivity contribution in [1.29, 1.82) is 0 Å². The SMILES string of the molecule is CCCCCc1ccc(-c2ccc(OC(F)(F)F)c(F)c2)c(F)c1F. The number of benzene rings is 2. The summed E-state index contributed by atoms with van der Waals surface area (Å²) in [6.45, 7) is 1.99. The lowest BCUT2D eigenvalue weighted by Crippen LogP contribution is -2.17. The third-order valence-electron chi connectivity index (χ3n) is 3.68. The van der Waals surface area contributed by atoms with Gasteiger partial charge in [-0.2, -0.15) is 0 Å². The van der Waals surface area contributed by atoms with Crippen LogP contribution in [0.15, 0.2) is 30.3 Å². The summed E-state index contributed by atoms with van der Waals surface area (Å²) in [6.07, 6.45) is -2.13. The quantitative estimate of drug-likeness (QED) is 0.427. The summed E-state index contributed by atoms with van der Waals surface area (Å²) in [5, 5.41) is 0. The summed E-state index contributed by atoms with van der Waals surface area (Å²) in [5.41, 5.74) is -0.0927. The van der Waals surface area contributed by atoms with E-state index in [2.05, 4.69) is 4.74 Å². The van der Waals surface area contributed by atoms with Crippen molar-refractivity contribution in [2.45, 2.75) is 39.0 Å². The molecule has 2 aromatic rings. The first-order chi connectivity index (χ1) is 11.7. The fraction of sp³-hybridized carbons (Fsp3) is 0.333. The fourth-order valence-corrected chi connectivity index (χ4v) is 2.45. The van der Waals surface area contributed by atoms with E-state index in [4.69, 9.17) is 0 Å². The van der Waals surface area contributed by atoms with Crippen molar-refractivity contribution in [1.82, 2.24) is 0 Å². The Hall–Kier alpha value is -2.18. The van der Waals surface area contributed by atoms with E-state index in [1.807, 2.05) is 6.92 Å². The predicted octanol–water partition coefficient (Wildman–Crippen LogP) is 6.40.